The highest BCUT2D eigenvalue weighted by molar-refractivity contribution is 4.69. The van der Waals surface area contributed by atoms with Gasteiger partial charge in [0.1, 0.15) is 0 Å². The molecule has 3 heteroatoms. The summed E-state index contributed by atoms with van der Waals surface area (Å²) in [5, 5.41) is 0. The maximum absolute atomic E-state index is 2.61. The van der Waals surface area contributed by atoms with Crippen LogP contribution in [0.1, 0.15) is 26.2 Å². The van der Waals surface area contributed by atoms with Crippen molar-refractivity contribution in [2.45, 2.75) is 32.2 Å². The van der Waals surface area contributed by atoms with Gasteiger partial charge < -0.3 is 14.7 Å². The number of nitrogens with zero attached hydrogens (tertiary/aromatic N) is 3. The Morgan fingerprint density at radius 2 is 1.69 bits per heavy atom. The van der Waals surface area contributed by atoms with Gasteiger partial charge in [-0.2, -0.15) is 0 Å². The van der Waals surface area contributed by atoms with Gasteiger partial charge in [-0.15, -0.1) is 0 Å². The molecule has 0 aromatic rings. The molecule has 16 heavy (non-hydrogen) atoms. The van der Waals surface area contributed by atoms with Crippen LogP contribution in [-0.4, -0.2) is 74.6 Å². The van der Waals surface area contributed by atoms with E-state index in [1.165, 1.54) is 52.0 Å². The fourth-order valence-electron chi connectivity index (χ4n) is 2.10. The fourth-order valence-corrected chi connectivity index (χ4v) is 2.10. The number of unbranched alkanes of at least 4 members (excludes halogenated alkanes) is 1. The second kappa shape index (κ2) is 7.25. The van der Waals surface area contributed by atoms with Crippen molar-refractivity contribution in [2.24, 2.45) is 0 Å². The molecule has 0 saturated carbocycles. The zero-order valence-corrected chi connectivity index (χ0v) is 11.6. The Labute approximate surface area is 101 Å². The maximum Gasteiger partial charge on any atom is 0.0110 e. The monoisotopic (exact) mass is 227 g/mol. The van der Waals surface area contributed by atoms with E-state index >= 15 is 0 Å². The van der Waals surface area contributed by atoms with Crippen LogP contribution in [0.25, 0.3) is 0 Å². The Morgan fingerprint density at radius 3 is 2.25 bits per heavy atom. The Hall–Kier alpha value is -0.120. The van der Waals surface area contributed by atoms with Crippen LogP contribution in [-0.2, 0) is 0 Å². The molecule has 1 rings (SSSR count). The van der Waals surface area contributed by atoms with E-state index < -0.39 is 0 Å². The fraction of sp³-hybridized carbons (Fsp3) is 1.00. The van der Waals surface area contributed by atoms with Crippen molar-refractivity contribution in [3.63, 3.8) is 0 Å². The van der Waals surface area contributed by atoms with Gasteiger partial charge in [-0.3, -0.25) is 0 Å². The van der Waals surface area contributed by atoms with Gasteiger partial charge in [-0.25, -0.2) is 0 Å². The number of likely N-dealkylation sites (N-methyl/N-ethyl adjacent to an activating group) is 1. The van der Waals surface area contributed by atoms with Gasteiger partial charge in [0.25, 0.3) is 0 Å². The van der Waals surface area contributed by atoms with Crippen molar-refractivity contribution < 1.29 is 0 Å². The van der Waals surface area contributed by atoms with Gasteiger partial charge in [-0.1, -0.05) is 6.42 Å². The lowest BCUT2D eigenvalue weighted by Crippen LogP contribution is -2.44. The Balaban J connectivity index is 1.99. The zero-order valence-electron chi connectivity index (χ0n) is 11.6. The zero-order chi connectivity index (χ0) is 12.0. The van der Waals surface area contributed by atoms with Gasteiger partial charge >= 0.3 is 0 Å². The van der Waals surface area contributed by atoms with E-state index in [-0.39, 0.29) is 0 Å². The predicted octanol–water partition coefficient (Wildman–Crippen LogP) is 1.35. The molecule has 1 aliphatic rings. The first-order valence-electron chi connectivity index (χ1n) is 6.67. The quantitative estimate of drug-likeness (QED) is 0.634. The highest BCUT2D eigenvalue weighted by Gasteiger charge is 2.13. The van der Waals surface area contributed by atoms with Crippen molar-refractivity contribution in [1.29, 1.82) is 0 Å². The largest absolute Gasteiger partial charge is 0.307 e. The van der Waals surface area contributed by atoms with Gasteiger partial charge in [0.15, 0.2) is 0 Å². The van der Waals surface area contributed by atoms with E-state index in [0.29, 0.717) is 0 Å². The van der Waals surface area contributed by atoms with Crippen LogP contribution in [0.5, 0.6) is 0 Å². The van der Waals surface area contributed by atoms with E-state index in [4.69, 9.17) is 0 Å². The summed E-state index contributed by atoms with van der Waals surface area (Å²) in [4.78, 5) is 7.35. The van der Waals surface area contributed by atoms with Crippen molar-refractivity contribution >= 4 is 0 Å². The molecule has 1 heterocycles. The van der Waals surface area contributed by atoms with Crippen LogP contribution in [0.2, 0.25) is 0 Å². The highest BCUT2D eigenvalue weighted by atomic mass is 15.2. The summed E-state index contributed by atoms with van der Waals surface area (Å²) in [7, 11) is 6.56. The van der Waals surface area contributed by atoms with Crippen molar-refractivity contribution in [1.82, 2.24) is 14.7 Å². The lowest BCUT2D eigenvalue weighted by Gasteiger charge is -2.32. The van der Waals surface area contributed by atoms with Gasteiger partial charge in [0.05, 0.1) is 0 Å². The minimum absolute atomic E-state index is 0.729. The van der Waals surface area contributed by atoms with Crippen LogP contribution in [0.3, 0.4) is 0 Å². The number of rotatable bonds is 6. The number of hydrogen-bond acceptors (Lipinski definition) is 3. The second-order valence-electron chi connectivity index (χ2n) is 5.45. The molecule has 3 nitrogen and oxygen atoms in total. The molecule has 1 aliphatic heterocycles. The predicted molar refractivity (Wildman–Crippen MR) is 70.9 cm³/mol. The van der Waals surface area contributed by atoms with Gasteiger partial charge in [0.2, 0.25) is 0 Å². The summed E-state index contributed by atoms with van der Waals surface area (Å²) in [6.07, 6.45) is 4.06. The molecule has 1 unspecified atom stereocenters. The third-order valence-corrected chi connectivity index (χ3v) is 3.82. The number of piperazine rings is 1. The molecule has 1 atom stereocenters. The second-order valence-corrected chi connectivity index (χ2v) is 5.45. The number of hydrogen-bond donors (Lipinski definition) is 0. The average molecular weight is 227 g/mol. The molecule has 0 aromatic carbocycles. The molecule has 0 spiro atoms. The summed E-state index contributed by atoms with van der Waals surface area (Å²) in [6, 6.07) is 0.729. The van der Waals surface area contributed by atoms with Crippen LogP contribution < -0.4 is 0 Å². The topological polar surface area (TPSA) is 9.72 Å². The van der Waals surface area contributed by atoms with Gasteiger partial charge in [-0.05, 0) is 47.5 Å². The van der Waals surface area contributed by atoms with Crippen molar-refractivity contribution in [3.05, 3.63) is 0 Å². The minimum Gasteiger partial charge on any atom is -0.307 e. The molecule has 0 amide bonds. The van der Waals surface area contributed by atoms with E-state index in [1.807, 2.05) is 0 Å². The Kier molecular flexibility index (Phi) is 6.32. The summed E-state index contributed by atoms with van der Waals surface area (Å²) in [5.74, 6) is 0. The Bertz CT molecular complexity index is 174. The van der Waals surface area contributed by atoms with Crippen LogP contribution >= 0.6 is 0 Å². The lowest BCUT2D eigenvalue weighted by atomic mass is 10.1. The molecule has 96 valence electrons. The van der Waals surface area contributed by atoms with Crippen LogP contribution in [0.15, 0.2) is 0 Å². The van der Waals surface area contributed by atoms with Crippen LogP contribution in [0.4, 0.5) is 0 Å². The smallest absolute Gasteiger partial charge is 0.0110 e. The molecule has 0 N–H and O–H groups in total. The first kappa shape index (κ1) is 13.9. The summed E-state index contributed by atoms with van der Waals surface area (Å²) in [5.41, 5.74) is 0. The minimum atomic E-state index is 0.729. The summed E-state index contributed by atoms with van der Waals surface area (Å²) >= 11 is 0. The van der Waals surface area contributed by atoms with E-state index in [2.05, 4.69) is 42.8 Å². The SMILES string of the molecule is CC(CCCCN1CCN(C)CC1)N(C)C. The van der Waals surface area contributed by atoms with E-state index in [1.54, 1.807) is 0 Å². The molecule has 0 bridgehead atoms. The summed E-state index contributed by atoms with van der Waals surface area (Å²) < 4.78 is 0. The van der Waals surface area contributed by atoms with E-state index in [0.717, 1.165) is 6.04 Å². The van der Waals surface area contributed by atoms with E-state index in [9.17, 15) is 0 Å². The molecule has 1 fully saturated rings. The lowest BCUT2D eigenvalue weighted by molar-refractivity contribution is 0.151. The third-order valence-electron chi connectivity index (χ3n) is 3.82. The van der Waals surface area contributed by atoms with Crippen molar-refractivity contribution in [3.8, 4) is 0 Å². The molecule has 0 aromatic heterocycles. The van der Waals surface area contributed by atoms with Gasteiger partial charge in [0, 0.05) is 32.2 Å². The molecule has 1 saturated heterocycles. The average Bonchev–Trinajstić information content (AvgIpc) is 2.26. The third kappa shape index (κ3) is 5.28. The molecular weight excluding hydrogens is 198 g/mol. The summed E-state index contributed by atoms with van der Waals surface area (Å²) in [6.45, 7) is 8.63. The molecule has 0 radical (unpaired) electrons. The van der Waals surface area contributed by atoms with Crippen LogP contribution in [0, 0.1) is 0 Å². The molecule has 0 aliphatic carbocycles. The normalized spacial score (nSPS) is 21.6. The standard InChI is InChI=1S/C13H29N3/c1-13(14(2)3)7-5-6-8-16-11-9-15(4)10-12-16/h13H,5-12H2,1-4H3. The van der Waals surface area contributed by atoms with Crippen molar-refractivity contribution in [2.75, 3.05) is 53.9 Å². The first-order chi connectivity index (χ1) is 7.59. The maximum atomic E-state index is 2.61. The highest BCUT2D eigenvalue weighted by Crippen LogP contribution is 2.07. The first-order valence-corrected chi connectivity index (χ1v) is 6.67. The molecular formula is C13H29N3. The Morgan fingerprint density at radius 1 is 1.06 bits per heavy atom.